The third-order valence-electron chi connectivity index (χ3n) is 1.75. The molecular weight excluding hydrogens is 212 g/mol. The SMILES string of the molecule is C=CC[SiH2][Si](OCC)(OCC)OCC. The molecule has 0 radical (unpaired) electrons. The Morgan fingerprint density at radius 3 is 1.79 bits per heavy atom. The molecule has 0 aromatic rings. The van der Waals surface area contributed by atoms with Crippen molar-refractivity contribution in [2.75, 3.05) is 19.8 Å². The molecule has 0 heterocycles. The first kappa shape index (κ1) is 14.1. The summed E-state index contributed by atoms with van der Waals surface area (Å²) in [6.45, 7) is 11.7. The molecule has 0 unspecified atom stereocenters. The summed E-state index contributed by atoms with van der Waals surface area (Å²) in [5.41, 5.74) is 0. The monoisotopic (exact) mass is 234 g/mol. The van der Waals surface area contributed by atoms with Crippen LogP contribution < -0.4 is 0 Å². The van der Waals surface area contributed by atoms with Gasteiger partial charge in [0.2, 0.25) is 0 Å². The molecule has 0 aliphatic rings. The van der Waals surface area contributed by atoms with Crippen LogP contribution in [0.3, 0.4) is 0 Å². The summed E-state index contributed by atoms with van der Waals surface area (Å²) in [5.74, 6) is 0. The van der Waals surface area contributed by atoms with E-state index in [4.69, 9.17) is 13.3 Å². The number of allylic oxidation sites excluding steroid dienone is 1. The molecule has 0 saturated heterocycles. The molecule has 0 atom stereocenters. The van der Waals surface area contributed by atoms with Gasteiger partial charge in [-0.25, -0.2) is 0 Å². The predicted octanol–water partition coefficient (Wildman–Crippen LogP) is 1.30. The van der Waals surface area contributed by atoms with Crippen LogP contribution in [0.15, 0.2) is 12.7 Å². The van der Waals surface area contributed by atoms with Crippen LogP contribution in [0.4, 0.5) is 0 Å². The molecule has 0 fully saturated rings. The second-order valence-electron chi connectivity index (χ2n) is 2.81. The highest BCUT2D eigenvalue weighted by atomic mass is 29.2. The highest BCUT2D eigenvalue weighted by Gasteiger charge is 2.38. The smallest absolute Gasteiger partial charge is 0.377 e. The molecule has 3 nitrogen and oxygen atoms in total. The van der Waals surface area contributed by atoms with Crippen molar-refractivity contribution in [1.82, 2.24) is 0 Å². The van der Waals surface area contributed by atoms with E-state index >= 15 is 0 Å². The molecule has 0 amide bonds. The Kier molecular flexibility index (Phi) is 8.40. The topological polar surface area (TPSA) is 27.7 Å². The van der Waals surface area contributed by atoms with Crippen molar-refractivity contribution in [3.63, 3.8) is 0 Å². The highest BCUT2D eigenvalue weighted by molar-refractivity contribution is 7.14. The number of hydrogen-bond donors (Lipinski definition) is 0. The molecule has 0 saturated carbocycles. The van der Waals surface area contributed by atoms with Crippen LogP contribution in [-0.2, 0) is 13.3 Å². The number of rotatable bonds is 9. The van der Waals surface area contributed by atoms with E-state index in [1.165, 1.54) is 0 Å². The van der Waals surface area contributed by atoms with Crippen molar-refractivity contribution in [1.29, 1.82) is 0 Å². The Hall–Kier alpha value is 0.0538. The molecule has 0 aliphatic heterocycles. The standard InChI is InChI=1S/C9H22O3Si2/c1-5-9-13-14(10-6-2,11-7-3)12-8-4/h5H,1,6-9,13H2,2-4H3. The molecule has 0 spiro atoms. The molecule has 0 rings (SSSR count). The van der Waals surface area contributed by atoms with Gasteiger partial charge in [0.15, 0.2) is 0 Å². The maximum Gasteiger partial charge on any atom is 0.462 e. The lowest BCUT2D eigenvalue weighted by Gasteiger charge is -2.28. The van der Waals surface area contributed by atoms with E-state index in [-0.39, 0.29) is 0 Å². The lowest BCUT2D eigenvalue weighted by Crippen LogP contribution is -2.52. The molecule has 0 aromatic carbocycles. The van der Waals surface area contributed by atoms with E-state index in [1.54, 1.807) is 0 Å². The fourth-order valence-electron chi connectivity index (χ4n) is 1.28. The van der Waals surface area contributed by atoms with Crippen molar-refractivity contribution in [2.45, 2.75) is 26.8 Å². The molecule has 0 aromatic heterocycles. The van der Waals surface area contributed by atoms with Crippen LogP contribution in [0.2, 0.25) is 6.04 Å². The summed E-state index contributed by atoms with van der Waals surface area (Å²) in [6.07, 6.45) is 1.94. The summed E-state index contributed by atoms with van der Waals surface area (Å²) >= 11 is 0. The van der Waals surface area contributed by atoms with E-state index in [0.717, 1.165) is 6.04 Å². The minimum Gasteiger partial charge on any atom is -0.377 e. The maximum atomic E-state index is 5.72. The zero-order valence-electron chi connectivity index (χ0n) is 9.54. The van der Waals surface area contributed by atoms with Crippen LogP contribution >= 0.6 is 0 Å². The molecule has 0 bridgehead atoms. The van der Waals surface area contributed by atoms with Gasteiger partial charge >= 0.3 is 8.32 Å². The quantitative estimate of drug-likeness (QED) is 0.445. The van der Waals surface area contributed by atoms with E-state index in [0.29, 0.717) is 19.8 Å². The lowest BCUT2D eigenvalue weighted by atomic mass is 10.8. The van der Waals surface area contributed by atoms with Crippen molar-refractivity contribution in [3.8, 4) is 0 Å². The van der Waals surface area contributed by atoms with E-state index in [1.807, 2.05) is 26.8 Å². The van der Waals surface area contributed by atoms with Crippen LogP contribution in [-0.4, -0.2) is 37.2 Å². The van der Waals surface area contributed by atoms with Gasteiger partial charge in [-0.1, -0.05) is 6.08 Å². The average molecular weight is 234 g/mol. The number of hydrogen-bond acceptors (Lipinski definition) is 3. The predicted molar refractivity (Wildman–Crippen MR) is 64.2 cm³/mol. The zero-order valence-corrected chi connectivity index (χ0v) is 12.0. The van der Waals surface area contributed by atoms with E-state index < -0.39 is 17.4 Å². The van der Waals surface area contributed by atoms with Gasteiger partial charge in [-0.3, -0.25) is 0 Å². The first-order valence-electron chi connectivity index (χ1n) is 5.27. The van der Waals surface area contributed by atoms with Gasteiger partial charge in [-0.15, -0.1) is 6.58 Å². The van der Waals surface area contributed by atoms with Crippen LogP contribution in [0.25, 0.3) is 0 Å². The normalized spacial score (nSPS) is 12.5. The molecule has 84 valence electrons. The summed E-state index contributed by atoms with van der Waals surface area (Å²) in [5, 5.41) is 0. The first-order valence-corrected chi connectivity index (χ1v) is 10.3. The van der Waals surface area contributed by atoms with Crippen molar-refractivity contribution >= 4 is 17.4 Å². The maximum absolute atomic E-state index is 5.72. The van der Waals surface area contributed by atoms with Crippen molar-refractivity contribution in [3.05, 3.63) is 12.7 Å². The minimum atomic E-state index is -2.25. The molecule has 0 N–H and O–H groups in total. The Bertz CT molecular complexity index is 136. The summed E-state index contributed by atoms with van der Waals surface area (Å²) in [7, 11) is -2.71. The van der Waals surface area contributed by atoms with Gasteiger partial charge in [-0.05, 0) is 26.8 Å². The van der Waals surface area contributed by atoms with E-state index in [2.05, 4.69) is 6.58 Å². The lowest BCUT2D eigenvalue weighted by molar-refractivity contribution is 0.0930. The van der Waals surface area contributed by atoms with Crippen LogP contribution in [0, 0.1) is 0 Å². The summed E-state index contributed by atoms with van der Waals surface area (Å²) in [4.78, 5) is 0. The van der Waals surface area contributed by atoms with Crippen LogP contribution in [0.1, 0.15) is 20.8 Å². The summed E-state index contributed by atoms with van der Waals surface area (Å²) in [6, 6.07) is 1.02. The fourth-order valence-corrected chi connectivity index (χ4v) is 8.65. The first-order chi connectivity index (χ1) is 6.74. The summed E-state index contributed by atoms with van der Waals surface area (Å²) < 4.78 is 17.2. The second kappa shape index (κ2) is 8.37. The molecule has 14 heavy (non-hydrogen) atoms. The highest BCUT2D eigenvalue weighted by Crippen LogP contribution is 2.10. The van der Waals surface area contributed by atoms with Gasteiger partial charge in [0.1, 0.15) is 9.04 Å². The molecule has 5 heteroatoms. The second-order valence-corrected chi connectivity index (χ2v) is 10.2. The Morgan fingerprint density at radius 1 is 1.07 bits per heavy atom. The Morgan fingerprint density at radius 2 is 1.50 bits per heavy atom. The third kappa shape index (κ3) is 5.06. The third-order valence-corrected chi connectivity index (χ3v) is 9.78. The van der Waals surface area contributed by atoms with E-state index in [9.17, 15) is 0 Å². The van der Waals surface area contributed by atoms with Crippen molar-refractivity contribution in [2.24, 2.45) is 0 Å². The minimum absolute atomic E-state index is 0.460. The van der Waals surface area contributed by atoms with Crippen molar-refractivity contribution < 1.29 is 13.3 Å². The van der Waals surface area contributed by atoms with Gasteiger partial charge in [-0.2, -0.15) is 0 Å². The van der Waals surface area contributed by atoms with Gasteiger partial charge in [0, 0.05) is 19.8 Å². The van der Waals surface area contributed by atoms with Gasteiger partial charge in [0.25, 0.3) is 0 Å². The van der Waals surface area contributed by atoms with Gasteiger partial charge < -0.3 is 13.3 Å². The Balaban J connectivity index is 4.28. The average Bonchev–Trinajstić information content (AvgIpc) is 2.16. The van der Waals surface area contributed by atoms with Gasteiger partial charge in [0.05, 0.1) is 0 Å². The van der Waals surface area contributed by atoms with Crippen LogP contribution in [0.5, 0.6) is 0 Å². The fraction of sp³-hybridized carbons (Fsp3) is 0.778. The zero-order chi connectivity index (χ0) is 10.9. The Labute approximate surface area is 90.4 Å². The molecular formula is C9H22O3Si2. The molecule has 0 aliphatic carbocycles. The largest absolute Gasteiger partial charge is 0.462 e.